The summed E-state index contributed by atoms with van der Waals surface area (Å²) in [6, 6.07) is 4.20. The van der Waals surface area contributed by atoms with Crippen LogP contribution in [-0.2, 0) is 6.54 Å². The van der Waals surface area contributed by atoms with Crippen molar-refractivity contribution in [2.45, 2.75) is 41.2 Å². The van der Waals surface area contributed by atoms with Crippen LogP contribution in [0.25, 0.3) is 0 Å². The van der Waals surface area contributed by atoms with Crippen LogP contribution in [0.5, 0.6) is 0 Å². The van der Waals surface area contributed by atoms with Crippen LogP contribution in [0.3, 0.4) is 0 Å². The summed E-state index contributed by atoms with van der Waals surface area (Å²) in [5.41, 5.74) is 2.67. The van der Waals surface area contributed by atoms with Crippen LogP contribution in [-0.4, -0.2) is 11.5 Å². The highest BCUT2D eigenvalue weighted by atomic mass is 14.9. The number of nitrogens with one attached hydrogen (secondary N) is 1. The van der Waals surface area contributed by atoms with Crippen molar-refractivity contribution in [3.8, 4) is 0 Å². The fourth-order valence-corrected chi connectivity index (χ4v) is 1.32. The number of hydrogen-bond donors (Lipinski definition) is 1. The molecule has 1 N–H and O–H groups in total. The van der Waals surface area contributed by atoms with Gasteiger partial charge >= 0.3 is 0 Å². The van der Waals surface area contributed by atoms with Crippen LogP contribution in [0, 0.1) is 18.3 Å². The first-order chi connectivity index (χ1) is 7.42. The number of rotatable bonds is 5. The molecule has 0 radical (unpaired) electrons. The first-order valence-electron chi connectivity index (χ1n) is 6.04. The lowest BCUT2D eigenvalue weighted by molar-refractivity contribution is 0.237. The monoisotopic (exact) mass is 220 g/mol. The van der Waals surface area contributed by atoms with E-state index in [2.05, 4.69) is 57.1 Å². The zero-order chi connectivity index (χ0) is 12.2. The molecule has 1 aromatic rings. The summed E-state index contributed by atoms with van der Waals surface area (Å²) in [5, 5.41) is 3.48. The van der Waals surface area contributed by atoms with E-state index in [1.807, 2.05) is 6.20 Å². The van der Waals surface area contributed by atoms with E-state index in [9.17, 15) is 0 Å². The molecule has 0 atom stereocenters. The Morgan fingerprint density at radius 3 is 2.50 bits per heavy atom. The average molecular weight is 220 g/mol. The third-order valence-corrected chi connectivity index (χ3v) is 3.42. The molecule has 0 unspecified atom stereocenters. The van der Waals surface area contributed by atoms with Gasteiger partial charge in [0.25, 0.3) is 0 Å². The van der Waals surface area contributed by atoms with E-state index in [-0.39, 0.29) is 0 Å². The van der Waals surface area contributed by atoms with Crippen LogP contribution in [0.4, 0.5) is 0 Å². The standard InChI is InChI=1S/C14H24N2/c1-11(2)14(4,5)10-15-9-13-7-6-12(3)8-16-13/h6-8,11,15H,9-10H2,1-5H3. The van der Waals surface area contributed by atoms with Crippen molar-refractivity contribution in [3.63, 3.8) is 0 Å². The SMILES string of the molecule is Cc1ccc(CNCC(C)(C)C(C)C)nc1. The molecular formula is C14H24N2. The summed E-state index contributed by atoms with van der Waals surface area (Å²) in [7, 11) is 0. The van der Waals surface area contributed by atoms with Gasteiger partial charge in [0.2, 0.25) is 0 Å². The largest absolute Gasteiger partial charge is 0.311 e. The Morgan fingerprint density at radius 1 is 1.31 bits per heavy atom. The molecule has 16 heavy (non-hydrogen) atoms. The molecule has 1 rings (SSSR count). The highest BCUT2D eigenvalue weighted by Crippen LogP contribution is 2.24. The first-order valence-corrected chi connectivity index (χ1v) is 6.04. The molecule has 0 saturated carbocycles. The van der Waals surface area contributed by atoms with Gasteiger partial charge in [-0.3, -0.25) is 4.98 Å². The molecule has 0 bridgehead atoms. The van der Waals surface area contributed by atoms with E-state index < -0.39 is 0 Å². The molecular weight excluding hydrogens is 196 g/mol. The number of pyridine rings is 1. The third kappa shape index (κ3) is 3.93. The fourth-order valence-electron chi connectivity index (χ4n) is 1.32. The lowest BCUT2D eigenvalue weighted by Crippen LogP contribution is -2.33. The Kier molecular flexibility index (Phi) is 4.48. The fraction of sp³-hybridized carbons (Fsp3) is 0.643. The van der Waals surface area contributed by atoms with Gasteiger partial charge < -0.3 is 5.32 Å². The Hall–Kier alpha value is -0.890. The number of aromatic nitrogens is 1. The minimum absolute atomic E-state index is 0.338. The molecule has 0 aliphatic heterocycles. The molecule has 2 heteroatoms. The zero-order valence-electron chi connectivity index (χ0n) is 11.2. The summed E-state index contributed by atoms with van der Waals surface area (Å²) >= 11 is 0. The number of aryl methyl sites for hydroxylation is 1. The zero-order valence-corrected chi connectivity index (χ0v) is 11.2. The average Bonchev–Trinajstić information content (AvgIpc) is 2.20. The van der Waals surface area contributed by atoms with Crippen molar-refractivity contribution in [1.29, 1.82) is 0 Å². The van der Waals surface area contributed by atoms with Crippen LogP contribution < -0.4 is 5.32 Å². The second kappa shape index (κ2) is 5.44. The van der Waals surface area contributed by atoms with Gasteiger partial charge in [0.05, 0.1) is 5.69 Å². The van der Waals surface area contributed by atoms with E-state index in [4.69, 9.17) is 0 Å². The van der Waals surface area contributed by atoms with Gasteiger partial charge in [-0.25, -0.2) is 0 Å². The van der Waals surface area contributed by atoms with E-state index in [1.54, 1.807) is 0 Å². The van der Waals surface area contributed by atoms with Crippen LogP contribution in [0.15, 0.2) is 18.3 Å². The van der Waals surface area contributed by atoms with Crippen LogP contribution >= 0.6 is 0 Å². The van der Waals surface area contributed by atoms with Crippen molar-refractivity contribution in [2.75, 3.05) is 6.54 Å². The third-order valence-electron chi connectivity index (χ3n) is 3.42. The maximum atomic E-state index is 4.38. The second-order valence-electron chi connectivity index (χ2n) is 5.57. The van der Waals surface area contributed by atoms with Gasteiger partial charge in [0, 0.05) is 19.3 Å². The Labute approximate surface area is 99.5 Å². The molecule has 2 nitrogen and oxygen atoms in total. The van der Waals surface area contributed by atoms with Gasteiger partial charge in [-0.15, -0.1) is 0 Å². The van der Waals surface area contributed by atoms with Gasteiger partial charge in [-0.1, -0.05) is 33.8 Å². The van der Waals surface area contributed by atoms with Crippen molar-refractivity contribution in [2.24, 2.45) is 11.3 Å². The Bertz CT molecular complexity index is 312. The van der Waals surface area contributed by atoms with Crippen molar-refractivity contribution >= 4 is 0 Å². The van der Waals surface area contributed by atoms with Crippen LogP contribution in [0.2, 0.25) is 0 Å². The molecule has 0 aromatic carbocycles. The predicted molar refractivity (Wildman–Crippen MR) is 69.3 cm³/mol. The maximum Gasteiger partial charge on any atom is 0.0541 e. The van der Waals surface area contributed by atoms with E-state index >= 15 is 0 Å². The summed E-state index contributed by atoms with van der Waals surface area (Å²) < 4.78 is 0. The van der Waals surface area contributed by atoms with E-state index in [1.165, 1.54) is 5.56 Å². The molecule has 90 valence electrons. The molecule has 0 saturated heterocycles. The number of hydrogen-bond acceptors (Lipinski definition) is 2. The quantitative estimate of drug-likeness (QED) is 0.824. The Morgan fingerprint density at radius 2 is 2.00 bits per heavy atom. The van der Waals surface area contributed by atoms with Gasteiger partial charge in [-0.2, -0.15) is 0 Å². The summed E-state index contributed by atoms with van der Waals surface area (Å²) in [4.78, 5) is 4.38. The Balaban J connectivity index is 2.39. The highest BCUT2D eigenvalue weighted by molar-refractivity contribution is 5.11. The topological polar surface area (TPSA) is 24.9 Å². The molecule has 0 fully saturated rings. The van der Waals surface area contributed by atoms with Gasteiger partial charge in [0.15, 0.2) is 0 Å². The van der Waals surface area contributed by atoms with E-state index in [0.717, 1.165) is 18.8 Å². The molecule has 0 aliphatic rings. The molecule has 1 aromatic heterocycles. The summed E-state index contributed by atoms with van der Waals surface area (Å²) in [6.45, 7) is 13.1. The molecule has 0 aliphatic carbocycles. The molecule has 0 amide bonds. The number of nitrogens with zero attached hydrogens (tertiary/aromatic N) is 1. The minimum atomic E-state index is 0.338. The highest BCUT2D eigenvalue weighted by Gasteiger charge is 2.21. The summed E-state index contributed by atoms with van der Waals surface area (Å²) in [5.74, 6) is 0.686. The van der Waals surface area contributed by atoms with Crippen molar-refractivity contribution in [3.05, 3.63) is 29.6 Å². The smallest absolute Gasteiger partial charge is 0.0541 e. The van der Waals surface area contributed by atoms with Crippen molar-refractivity contribution < 1.29 is 0 Å². The molecule has 0 spiro atoms. The molecule has 1 heterocycles. The summed E-state index contributed by atoms with van der Waals surface area (Å²) in [6.07, 6.45) is 1.92. The second-order valence-corrected chi connectivity index (χ2v) is 5.57. The van der Waals surface area contributed by atoms with E-state index in [0.29, 0.717) is 11.3 Å². The lowest BCUT2D eigenvalue weighted by Gasteiger charge is -2.29. The van der Waals surface area contributed by atoms with Gasteiger partial charge in [0.1, 0.15) is 0 Å². The van der Waals surface area contributed by atoms with Crippen molar-refractivity contribution in [1.82, 2.24) is 10.3 Å². The lowest BCUT2D eigenvalue weighted by atomic mass is 9.81. The van der Waals surface area contributed by atoms with Crippen LogP contribution in [0.1, 0.15) is 39.0 Å². The normalized spacial score (nSPS) is 12.1. The predicted octanol–water partition coefficient (Wildman–Crippen LogP) is 3.16. The first kappa shape index (κ1) is 13.2. The maximum absolute atomic E-state index is 4.38. The van der Waals surface area contributed by atoms with Gasteiger partial charge in [-0.05, 0) is 29.9 Å². The minimum Gasteiger partial charge on any atom is -0.311 e.